The predicted molar refractivity (Wildman–Crippen MR) is 96.2 cm³/mol. The predicted octanol–water partition coefficient (Wildman–Crippen LogP) is 2.77. The third-order valence-electron chi connectivity index (χ3n) is 3.93. The number of carboxylic acids is 1. The normalized spacial score (nSPS) is 12.9. The first-order chi connectivity index (χ1) is 12.4. The maximum Gasteiger partial charge on any atom is 0.337 e. The number of carbonyl (C=O) groups is 4. The number of amides is 3. The first-order valence-corrected chi connectivity index (χ1v) is 8.45. The van der Waals surface area contributed by atoms with Crippen LogP contribution in [-0.4, -0.2) is 40.2 Å². The highest BCUT2D eigenvalue weighted by atomic mass is 79.9. The third kappa shape index (κ3) is 3.36. The molecule has 1 aliphatic heterocycles. The van der Waals surface area contributed by atoms with Crippen LogP contribution in [0, 0.1) is 0 Å². The molecule has 0 aliphatic carbocycles. The van der Waals surface area contributed by atoms with Crippen molar-refractivity contribution in [3.8, 4) is 0 Å². The van der Waals surface area contributed by atoms with Crippen LogP contribution in [0.1, 0.15) is 37.5 Å². The highest BCUT2D eigenvalue weighted by Crippen LogP contribution is 2.23. The average Bonchev–Trinajstić information content (AvgIpc) is 2.86. The fraction of sp³-hybridized carbons (Fsp3) is 0.111. The lowest BCUT2D eigenvalue weighted by atomic mass is 10.1. The van der Waals surface area contributed by atoms with Crippen molar-refractivity contribution in [3.05, 3.63) is 63.6 Å². The van der Waals surface area contributed by atoms with Crippen molar-refractivity contribution in [1.29, 1.82) is 0 Å². The molecule has 0 atom stereocenters. The first kappa shape index (κ1) is 17.8. The molecule has 2 N–H and O–H groups in total. The Morgan fingerprint density at radius 1 is 1.04 bits per heavy atom. The van der Waals surface area contributed by atoms with Gasteiger partial charge in [0.25, 0.3) is 11.8 Å². The molecule has 0 unspecified atom stereocenters. The van der Waals surface area contributed by atoms with Gasteiger partial charge in [0, 0.05) is 17.4 Å². The van der Waals surface area contributed by atoms with E-state index in [1.54, 1.807) is 30.3 Å². The standard InChI is InChI=1S/C18H13BrN2O5/c19-10-5-6-14(13(9-10)18(25)26)20-15(22)7-8-21-16(23)11-3-1-2-4-12(11)17(21)24/h1-6,9H,7-8H2,(H,20,22)(H,25,26). The highest BCUT2D eigenvalue weighted by molar-refractivity contribution is 9.10. The number of rotatable bonds is 5. The Morgan fingerprint density at radius 2 is 1.65 bits per heavy atom. The lowest BCUT2D eigenvalue weighted by Crippen LogP contribution is -2.33. The maximum atomic E-state index is 12.2. The fourth-order valence-electron chi connectivity index (χ4n) is 2.67. The summed E-state index contributed by atoms with van der Waals surface area (Å²) in [7, 11) is 0. The van der Waals surface area contributed by atoms with E-state index in [1.165, 1.54) is 12.1 Å². The van der Waals surface area contributed by atoms with Crippen LogP contribution < -0.4 is 5.32 Å². The largest absolute Gasteiger partial charge is 0.478 e. The Hall–Kier alpha value is -3.00. The molecule has 0 saturated heterocycles. The van der Waals surface area contributed by atoms with Crippen molar-refractivity contribution >= 4 is 45.3 Å². The van der Waals surface area contributed by atoms with Crippen LogP contribution in [0.3, 0.4) is 0 Å². The molecule has 0 spiro atoms. The topological polar surface area (TPSA) is 104 Å². The molecular formula is C18H13BrN2O5. The van der Waals surface area contributed by atoms with Crippen molar-refractivity contribution in [3.63, 3.8) is 0 Å². The summed E-state index contributed by atoms with van der Waals surface area (Å²) < 4.78 is 0.568. The SMILES string of the molecule is O=C(CCN1C(=O)c2ccccc2C1=O)Nc1ccc(Br)cc1C(=O)O. The molecule has 8 heteroatoms. The van der Waals surface area contributed by atoms with Gasteiger partial charge in [-0.3, -0.25) is 19.3 Å². The summed E-state index contributed by atoms with van der Waals surface area (Å²) in [4.78, 5) is 48.9. The van der Waals surface area contributed by atoms with Crippen LogP contribution in [0.25, 0.3) is 0 Å². The molecule has 132 valence electrons. The Morgan fingerprint density at radius 3 is 2.23 bits per heavy atom. The molecule has 0 aromatic heterocycles. The number of anilines is 1. The molecule has 3 amide bonds. The van der Waals surface area contributed by atoms with Crippen LogP contribution in [0.15, 0.2) is 46.9 Å². The van der Waals surface area contributed by atoms with E-state index in [4.69, 9.17) is 0 Å². The van der Waals surface area contributed by atoms with E-state index in [9.17, 15) is 24.3 Å². The van der Waals surface area contributed by atoms with Crippen LogP contribution in [-0.2, 0) is 4.79 Å². The van der Waals surface area contributed by atoms with E-state index < -0.39 is 23.7 Å². The maximum absolute atomic E-state index is 12.2. The number of nitrogens with zero attached hydrogens (tertiary/aromatic N) is 1. The number of hydrogen-bond donors (Lipinski definition) is 2. The van der Waals surface area contributed by atoms with Crippen molar-refractivity contribution < 1.29 is 24.3 Å². The van der Waals surface area contributed by atoms with Gasteiger partial charge < -0.3 is 10.4 Å². The molecule has 0 bridgehead atoms. The summed E-state index contributed by atoms with van der Waals surface area (Å²) in [6, 6.07) is 10.9. The highest BCUT2D eigenvalue weighted by Gasteiger charge is 2.35. The number of carbonyl (C=O) groups excluding carboxylic acids is 3. The van der Waals surface area contributed by atoms with Gasteiger partial charge in [-0.1, -0.05) is 28.1 Å². The number of hydrogen-bond acceptors (Lipinski definition) is 4. The second kappa shape index (κ2) is 7.09. The molecule has 1 heterocycles. The zero-order valence-corrected chi connectivity index (χ0v) is 14.9. The monoisotopic (exact) mass is 416 g/mol. The number of carboxylic acid groups (broad SMARTS) is 1. The quantitative estimate of drug-likeness (QED) is 0.729. The second-order valence-corrected chi connectivity index (χ2v) is 6.52. The lowest BCUT2D eigenvalue weighted by Gasteiger charge is -2.14. The van der Waals surface area contributed by atoms with E-state index in [0.717, 1.165) is 4.90 Å². The van der Waals surface area contributed by atoms with Crippen molar-refractivity contribution in [2.75, 3.05) is 11.9 Å². The summed E-state index contributed by atoms with van der Waals surface area (Å²) in [5, 5.41) is 11.7. The molecule has 1 aliphatic rings. The summed E-state index contributed by atoms with van der Waals surface area (Å²) in [6.45, 7) is -0.0862. The minimum atomic E-state index is -1.18. The van der Waals surface area contributed by atoms with Gasteiger partial charge in [0.1, 0.15) is 0 Å². The van der Waals surface area contributed by atoms with Gasteiger partial charge in [-0.15, -0.1) is 0 Å². The van der Waals surface area contributed by atoms with E-state index in [2.05, 4.69) is 21.2 Å². The Balaban J connectivity index is 1.67. The molecule has 7 nitrogen and oxygen atoms in total. The summed E-state index contributed by atoms with van der Waals surface area (Å²) in [6.07, 6.45) is -0.138. The average molecular weight is 417 g/mol. The number of nitrogens with one attached hydrogen (secondary N) is 1. The second-order valence-electron chi connectivity index (χ2n) is 5.60. The van der Waals surface area contributed by atoms with Gasteiger partial charge in [-0.2, -0.15) is 0 Å². The minimum absolute atomic E-state index is 0.0616. The summed E-state index contributed by atoms with van der Waals surface area (Å²) >= 11 is 3.18. The Bertz CT molecular complexity index is 906. The van der Waals surface area contributed by atoms with E-state index in [1.807, 2.05) is 0 Å². The zero-order chi connectivity index (χ0) is 18.8. The number of aromatic carboxylic acids is 1. The fourth-order valence-corrected chi connectivity index (χ4v) is 3.03. The van der Waals surface area contributed by atoms with Gasteiger partial charge in [-0.05, 0) is 30.3 Å². The van der Waals surface area contributed by atoms with Crippen LogP contribution >= 0.6 is 15.9 Å². The van der Waals surface area contributed by atoms with Gasteiger partial charge in [0.15, 0.2) is 0 Å². The summed E-state index contributed by atoms with van der Waals surface area (Å²) in [5.74, 6) is -2.55. The molecule has 3 rings (SSSR count). The number of benzene rings is 2. The Kier molecular flexibility index (Phi) is 4.85. The van der Waals surface area contributed by atoms with Gasteiger partial charge >= 0.3 is 5.97 Å². The van der Waals surface area contributed by atoms with Gasteiger partial charge in [0.2, 0.25) is 5.91 Å². The molecule has 0 saturated carbocycles. The minimum Gasteiger partial charge on any atom is -0.478 e. The molecule has 2 aromatic rings. The van der Waals surface area contributed by atoms with E-state index >= 15 is 0 Å². The molecule has 0 radical (unpaired) electrons. The van der Waals surface area contributed by atoms with Gasteiger partial charge in [-0.25, -0.2) is 4.79 Å². The van der Waals surface area contributed by atoms with Crippen LogP contribution in [0.5, 0.6) is 0 Å². The van der Waals surface area contributed by atoms with Crippen LogP contribution in [0.4, 0.5) is 5.69 Å². The third-order valence-corrected chi connectivity index (χ3v) is 4.42. The molecule has 0 fully saturated rings. The first-order valence-electron chi connectivity index (χ1n) is 7.66. The van der Waals surface area contributed by atoms with Gasteiger partial charge in [0.05, 0.1) is 22.4 Å². The number of halogens is 1. The Labute approximate surface area is 156 Å². The number of imide groups is 1. The van der Waals surface area contributed by atoms with Crippen molar-refractivity contribution in [1.82, 2.24) is 4.90 Å². The van der Waals surface area contributed by atoms with Crippen LogP contribution in [0.2, 0.25) is 0 Å². The number of fused-ring (bicyclic) bond motifs is 1. The smallest absolute Gasteiger partial charge is 0.337 e. The molecule has 26 heavy (non-hydrogen) atoms. The zero-order valence-electron chi connectivity index (χ0n) is 13.4. The summed E-state index contributed by atoms with van der Waals surface area (Å²) in [5.41, 5.74) is 0.722. The van der Waals surface area contributed by atoms with E-state index in [0.29, 0.717) is 15.6 Å². The van der Waals surface area contributed by atoms with Crippen molar-refractivity contribution in [2.24, 2.45) is 0 Å². The molecular weight excluding hydrogens is 404 g/mol. The van der Waals surface area contributed by atoms with Crippen molar-refractivity contribution in [2.45, 2.75) is 6.42 Å². The lowest BCUT2D eigenvalue weighted by molar-refractivity contribution is -0.116. The van der Waals surface area contributed by atoms with E-state index in [-0.39, 0.29) is 24.2 Å². The molecule has 2 aromatic carbocycles.